The molecule has 2 N–H and O–H groups in total. The van der Waals surface area contributed by atoms with Gasteiger partial charge in [-0.25, -0.2) is 4.98 Å². The number of nitrogens with two attached hydrogens (primary N) is 1. The van der Waals surface area contributed by atoms with E-state index in [1.54, 1.807) is 0 Å². The van der Waals surface area contributed by atoms with Gasteiger partial charge in [-0.05, 0) is 58.8 Å². The predicted molar refractivity (Wildman–Crippen MR) is 56.5 cm³/mol. The van der Waals surface area contributed by atoms with Crippen LogP contribution in [0.4, 0.5) is 0 Å². The molecule has 0 saturated heterocycles. The van der Waals surface area contributed by atoms with Crippen molar-refractivity contribution in [1.82, 2.24) is 4.98 Å². The molecule has 0 atom stereocenters. The second-order valence-electron chi connectivity index (χ2n) is 3.69. The van der Waals surface area contributed by atoms with Crippen molar-refractivity contribution in [2.75, 3.05) is 6.54 Å². The van der Waals surface area contributed by atoms with E-state index in [0.29, 0.717) is 5.41 Å². The predicted octanol–water partition coefficient (Wildman–Crippen LogP) is 2.22. The van der Waals surface area contributed by atoms with Crippen LogP contribution in [0.2, 0.25) is 0 Å². The van der Waals surface area contributed by atoms with Gasteiger partial charge in [0.2, 0.25) is 0 Å². The molecule has 1 fully saturated rings. The van der Waals surface area contributed by atoms with E-state index >= 15 is 0 Å². The monoisotopic (exact) mass is 240 g/mol. The SMILES string of the molecule is NCCC1(c2ccc(Br)nc2)CC1. The molecule has 1 aromatic rings. The molecule has 0 bridgehead atoms. The summed E-state index contributed by atoms with van der Waals surface area (Å²) in [5, 5.41) is 0. The van der Waals surface area contributed by atoms with Crippen molar-refractivity contribution in [2.24, 2.45) is 5.73 Å². The minimum absolute atomic E-state index is 0.377. The fraction of sp³-hybridized carbons (Fsp3) is 0.500. The lowest BCUT2D eigenvalue weighted by Crippen LogP contribution is -2.13. The lowest BCUT2D eigenvalue weighted by molar-refractivity contribution is 0.626. The van der Waals surface area contributed by atoms with Gasteiger partial charge in [0.15, 0.2) is 0 Å². The number of nitrogens with zero attached hydrogens (tertiary/aromatic N) is 1. The zero-order chi connectivity index (χ0) is 9.31. The van der Waals surface area contributed by atoms with E-state index in [4.69, 9.17) is 5.73 Å². The molecule has 1 aromatic heterocycles. The number of rotatable bonds is 3. The average molecular weight is 241 g/mol. The highest BCUT2D eigenvalue weighted by Crippen LogP contribution is 2.50. The molecular weight excluding hydrogens is 228 g/mol. The second kappa shape index (κ2) is 3.39. The normalized spacial score (nSPS) is 18.6. The molecular formula is C10H13BrN2. The van der Waals surface area contributed by atoms with Gasteiger partial charge < -0.3 is 5.73 Å². The Morgan fingerprint density at radius 2 is 2.23 bits per heavy atom. The van der Waals surface area contributed by atoms with Crippen LogP contribution in [0.1, 0.15) is 24.8 Å². The third-order valence-corrected chi connectivity index (χ3v) is 3.29. The average Bonchev–Trinajstić information content (AvgIpc) is 2.87. The zero-order valence-corrected chi connectivity index (χ0v) is 9.05. The minimum Gasteiger partial charge on any atom is -0.330 e. The zero-order valence-electron chi connectivity index (χ0n) is 7.46. The van der Waals surface area contributed by atoms with E-state index in [0.717, 1.165) is 17.6 Å². The molecule has 0 radical (unpaired) electrons. The Hall–Kier alpha value is -0.410. The van der Waals surface area contributed by atoms with Gasteiger partial charge in [-0.15, -0.1) is 0 Å². The Balaban J connectivity index is 2.20. The highest BCUT2D eigenvalue weighted by atomic mass is 79.9. The summed E-state index contributed by atoms with van der Waals surface area (Å²) in [5.74, 6) is 0. The Kier molecular flexibility index (Phi) is 2.39. The molecule has 2 rings (SSSR count). The number of halogens is 1. The summed E-state index contributed by atoms with van der Waals surface area (Å²) >= 11 is 3.34. The smallest absolute Gasteiger partial charge is 0.106 e. The van der Waals surface area contributed by atoms with Crippen molar-refractivity contribution in [3.8, 4) is 0 Å². The topological polar surface area (TPSA) is 38.9 Å². The molecule has 1 aliphatic rings. The summed E-state index contributed by atoms with van der Waals surface area (Å²) in [5.41, 5.74) is 7.32. The molecule has 0 spiro atoms. The third kappa shape index (κ3) is 1.76. The van der Waals surface area contributed by atoms with Crippen LogP contribution in [-0.2, 0) is 5.41 Å². The van der Waals surface area contributed by atoms with E-state index in [9.17, 15) is 0 Å². The van der Waals surface area contributed by atoms with Gasteiger partial charge in [0.05, 0.1) is 0 Å². The highest BCUT2D eigenvalue weighted by molar-refractivity contribution is 9.10. The van der Waals surface area contributed by atoms with Crippen LogP contribution in [0.3, 0.4) is 0 Å². The fourth-order valence-corrected chi connectivity index (χ4v) is 2.03. The van der Waals surface area contributed by atoms with Gasteiger partial charge in [-0.2, -0.15) is 0 Å². The van der Waals surface area contributed by atoms with Crippen LogP contribution in [-0.4, -0.2) is 11.5 Å². The van der Waals surface area contributed by atoms with Crippen LogP contribution in [0.25, 0.3) is 0 Å². The van der Waals surface area contributed by atoms with Gasteiger partial charge in [0, 0.05) is 6.20 Å². The first-order valence-electron chi connectivity index (χ1n) is 4.59. The summed E-state index contributed by atoms with van der Waals surface area (Å²) < 4.78 is 0.903. The lowest BCUT2D eigenvalue weighted by atomic mass is 9.94. The van der Waals surface area contributed by atoms with Crippen LogP contribution >= 0.6 is 15.9 Å². The van der Waals surface area contributed by atoms with Gasteiger partial charge in [0.25, 0.3) is 0 Å². The van der Waals surface area contributed by atoms with Crippen molar-refractivity contribution in [1.29, 1.82) is 0 Å². The van der Waals surface area contributed by atoms with Crippen LogP contribution in [0.5, 0.6) is 0 Å². The molecule has 1 aliphatic carbocycles. The first kappa shape index (κ1) is 9.16. The van der Waals surface area contributed by atoms with Gasteiger partial charge in [-0.1, -0.05) is 6.07 Å². The molecule has 1 saturated carbocycles. The fourth-order valence-electron chi connectivity index (χ4n) is 1.80. The first-order valence-corrected chi connectivity index (χ1v) is 5.38. The van der Waals surface area contributed by atoms with E-state index < -0.39 is 0 Å². The van der Waals surface area contributed by atoms with E-state index in [-0.39, 0.29) is 0 Å². The maximum absolute atomic E-state index is 5.59. The molecule has 13 heavy (non-hydrogen) atoms. The minimum atomic E-state index is 0.377. The first-order chi connectivity index (χ1) is 6.27. The molecule has 0 aliphatic heterocycles. The number of hydrogen-bond donors (Lipinski definition) is 1. The molecule has 2 nitrogen and oxygen atoms in total. The Morgan fingerprint density at radius 1 is 1.46 bits per heavy atom. The molecule has 0 aromatic carbocycles. The molecule has 3 heteroatoms. The summed E-state index contributed by atoms with van der Waals surface area (Å²) in [6.45, 7) is 0.774. The van der Waals surface area contributed by atoms with E-state index in [2.05, 4.69) is 27.0 Å². The van der Waals surface area contributed by atoms with Crippen LogP contribution in [0, 0.1) is 0 Å². The van der Waals surface area contributed by atoms with Crippen LogP contribution in [0.15, 0.2) is 22.9 Å². The Morgan fingerprint density at radius 3 is 2.69 bits per heavy atom. The highest BCUT2D eigenvalue weighted by Gasteiger charge is 2.43. The van der Waals surface area contributed by atoms with Crippen molar-refractivity contribution in [3.05, 3.63) is 28.5 Å². The third-order valence-electron chi connectivity index (χ3n) is 2.82. The maximum atomic E-state index is 5.59. The lowest BCUT2D eigenvalue weighted by Gasteiger charge is -2.13. The van der Waals surface area contributed by atoms with E-state index in [1.807, 2.05) is 12.3 Å². The summed E-state index contributed by atoms with van der Waals surface area (Å²) in [6, 6.07) is 4.16. The molecule has 70 valence electrons. The quantitative estimate of drug-likeness (QED) is 0.824. The van der Waals surface area contributed by atoms with Crippen molar-refractivity contribution in [2.45, 2.75) is 24.7 Å². The van der Waals surface area contributed by atoms with Crippen LogP contribution < -0.4 is 5.73 Å². The van der Waals surface area contributed by atoms with Crippen molar-refractivity contribution < 1.29 is 0 Å². The Labute approximate surface area is 86.7 Å². The largest absolute Gasteiger partial charge is 0.330 e. The summed E-state index contributed by atoms with van der Waals surface area (Å²) in [7, 11) is 0. The van der Waals surface area contributed by atoms with Gasteiger partial charge >= 0.3 is 0 Å². The second-order valence-corrected chi connectivity index (χ2v) is 4.50. The summed E-state index contributed by atoms with van der Waals surface area (Å²) in [4.78, 5) is 4.24. The summed E-state index contributed by atoms with van der Waals surface area (Å²) in [6.07, 6.45) is 5.60. The molecule has 0 unspecified atom stereocenters. The van der Waals surface area contributed by atoms with Gasteiger partial charge in [0.1, 0.15) is 4.60 Å². The number of pyridine rings is 1. The Bertz CT molecular complexity index is 290. The van der Waals surface area contributed by atoms with Crippen molar-refractivity contribution >= 4 is 15.9 Å². The van der Waals surface area contributed by atoms with Crippen molar-refractivity contribution in [3.63, 3.8) is 0 Å². The number of aromatic nitrogens is 1. The number of hydrogen-bond acceptors (Lipinski definition) is 2. The molecule has 1 heterocycles. The molecule has 0 amide bonds. The maximum Gasteiger partial charge on any atom is 0.106 e. The van der Waals surface area contributed by atoms with Gasteiger partial charge in [-0.3, -0.25) is 0 Å². The standard InChI is InChI=1S/C10H13BrN2/c11-9-2-1-8(7-13-9)10(3-4-10)5-6-12/h1-2,7H,3-6,12H2. The van der Waals surface area contributed by atoms with E-state index in [1.165, 1.54) is 18.4 Å².